The molecule has 1 heteroatoms. The number of nitrogens with two attached hydrogens (primary N) is 1. The summed E-state index contributed by atoms with van der Waals surface area (Å²) in [5, 5.41) is 0. The molecular weight excluding hydrogens is 218 g/mol. The van der Waals surface area contributed by atoms with E-state index in [-0.39, 0.29) is 5.54 Å². The zero-order chi connectivity index (χ0) is 13.3. The van der Waals surface area contributed by atoms with Crippen LogP contribution in [0.5, 0.6) is 0 Å². The summed E-state index contributed by atoms with van der Waals surface area (Å²) in [7, 11) is 0. The average molecular weight is 245 g/mol. The van der Waals surface area contributed by atoms with Crippen LogP contribution in [0.25, 0.3) is 0 Å². The van der Waals surface area contributed by atoms with Gasteiger partial charge in [-0.2, -0.15) is 0 Å². The molecule has 0 aliphatic heterocycles. The Kier molecular flexibility index (Phi) is 3.82. The Bertz CT molecular complexity index is 393. The van der Waals surface area contributed by atoms with E-state index in [0.717, 1.165) is 12.3 Å². The van der Waals surface area contributed by atoms with Crippen molar-refractivity contribution in [2.24, 2.45) is 17.6 Å². The Morgan fingerprint density at radius 2 is 1.78 bits per heavy atom. The zero-order valence-electron chi connectivity index (χ0n) is 12.2. The summed E-state index contributed by atoms with van der Waals surface area (Å²) in [5.41, 5.74) is 9.35. The number of hydrogen-bond donors (Lipinski definition) is 1. The van der Waals surface area contributed by atoms with Gasteiger partial charge in [0.15, 0.2) is 0 Å². The van der Waals surface area contributed by atoms with Crippen LogP contribution in [0.2, 0.25) is 0 Å². The number of rotatable bonds is 2. The van der Waals surface area contributed by atoms with Gasteiger partial charge in [-0.3, -0.25) is 0 Å². The van der Waals surface area contributed by atoms with Crippen LogP contribution in [0.3, 0.4) is 0 Å². The second kappa shape index (κ2) is 5.05. The van der Waals surface area contributed by atoms with Crippen molar-refractivity contribution < 1.29 is 0 Å². The summed E-state index contributed by atoms with van der Waals surface area (Å²) in [6.07, 6.45) is 3.71. The molecule has 2 rings (SSSR count). The van der Waals surface area contributed by atoms with Gasteiger partial charge in [-0.1, -0.05) is 64.8 Å². The molecule has 0 amide bonds. The highest BCUT2D eigenvalue weighted by Gasteiger charge is 2.39. The molecule has 1 aliphatic carbocycles. The summed E-state index contributed by atoms with van der Waals surface area (Å²) in [6.45, 7) is 9.13. The van der Waals surface area contributed by atoms with Gasteiger partial charge >= 0.3 is 0 Å². The van der Waals surface area contributed by atoms with Crippen LogP contribution in [0.15, 0.2) is 24.3 Å². The topological polar surface area (TPSA) is 26.0 Å². The maximum atomic E-state index is 6.74. The third-order valence-corrected chi connectivity index (χ3v) is 5.03. The summed E-state index contributed by atoms with van der Waals surface area (Å²) in [6, 6.07) is 9.01. The van der Waals surface area contributed by atoms with Gasteiger partial charge in [-0.05, 0) is 35.3 Å². The van der Waals surface area contributed by atoms with Crippen molar-refractivity contribution in [2.45, 2.75) is 58.4 Å². The van der Waals surface area contributed by atoms with Crippen LogP contribution in [-0.2, 0) is 5.54 Å². The average Bonchev–Trinajstić information content (AvgIpc) is 2.36. The molecule has 1 aromatic rings. The normalized spacial score (nSPS) is 32.8. The van der Waals surface area contributed by atoms with Crippen LogP contribution in [0.1, 0.15) is 64.0 Å². The monoisotopic (exact) mass is 245 g/mol. The van der Waals surface area contributed by atoms with Gasteiger partial charge < -0.3 is 5.73 Å². The highest BCUT2D eigenvalue weighted by Crippen LogP contribution is 2.42. The lowest BCUT2D eigenvalue weighted by atomic mass is 9.66. The maximum Gasteiger partial charge on any atom is 0.0438 e. The van der Waals surface area contributed by atoms with E-state index < -0.39 is 0 Å². The molecule has 1 aromatic carbocycles. The standard InChI is InChI=1S/C17H27N/c1-12(2)15-7-9-16(10-8-15)17(18)11-5-6-13(3)14(17)4/h7-10,12-14H,5-6,11,18H2,1-4H3. The van der Waals surface area contributed by atoms with Crippen LogP contribution in [-0.4, -0.2) is 0 Å². The molecule has 18 heavy (non-hydrogen) atoms. The van der Waals surface area contributed by atoms with Gasteiger partial charge in [-0.25, -0.2) is 0 Å². The lowest BCUT2D eigenvalue weighted by Crippen LogP contribution is -2.48. The van der Waals surface area contributed by atoms with E-state index in [2.05, 4.69) is 52.0 Å². The molecule has 1 saturated carbocycles. The minimum absolute atomic E-state index is 0.118. The molecule has 0 bridgehead atoms. The first-order valence-electron chi connectivity index (χ1n) is 7.34. The third kappa shape index (κ3) is 2.33. The predicted molar refractivity (Wildman–Crippen MR) is 78.6 cm³/mol. The van der Waals surface area contributed by atoms with Crippen LogP contribution in [0.4, 0.5) is 0 Å². The van der Waals surface area contributed by atoms with E-state index in [9.17, 15) is 0 Å². The Morgan fingerprint density at radius 1 is 1.17 bits per heavy atom. The predicted octanol–water partition coefficient (Wildman–Crippen LogP) is 4.42. The van der Waals surface area contributed by atoms with Gasteiger partial charge in [0.1, 0.15) is 0 Å². The largest absolute Gasteiger partial charge is 0.321 e. The first-order chi connectivity index (χ1) is 8.45. The molecule has 1 nitrogen and oxygen atoms in total. The van der Waals surface area contributed by atoms with Crippen LogP contribution in [0, 0.1) is 11.8 Å². The van der Waals surface area contributed by atoms with E-state index in [4.69, 9.17) is 5.73 Å². The van der Waals surface area contributed by atoms with E-state index >= 15 is 0 Å². The van der Waals surface area contributed by atoms with E-state index in [1.54, 1.807) is 0 Å². The van der Waals surface area contributed by atoms with Gasteiger partial charge in [-0.15, -0.1) is 0 Å². The minimum atomic E-state index is -0.118. The first-order valence-corrected chi connectivity index (χ1v) is 7.34. The van der Waals surface area contributed by atoms with Crippen LogP contribution >= 0.6 is 0 Å². The number of hydrogen-bond acceptors (Lipinski definition) is 1. The molecule has 3 atom stereocenters. The van der Waals surface area contributed by atoms with Crippen molar-refractivity contribution in [1.82, 2.24) is 0 Å². The summed E-state index contributed by atoms with van der Waals surface area (Å²) < 4.78 is 0. The Morgan fingerprint density at radius 3 is 2.33 bits per heavy atom. The van der Waals surface area contributed by atoms with Crippen molar-refractivity contribution in [1.29, 1.82) is 0 Å². The molecule has 3 unspecified atom stereocenters. The lowest BCUT2D eigenvalue weighted by Gasteiger charge is -2.43. The lowest BCUT2D eigenvalue weighted by molar-refractivity contribution is 0.144. The highest BCUT2D eigenvalue weighted by molar-refractivity contribution is 5.31. The van der Waals surface area contributed by atoms with E-state index in [0.29, 0.717) is 11.8 Å². The fraction of sp³-hybridized carbons (Fsp3) is 0.647. The Labute approximate surface area is 112 Å². The molecule has 100 valence electrons. The van der Waals surface area contributed by atoms with E-state index in [1.165, 1.54) is 24.0 Å². The smallest absolute Gasteiger partial charge is 0.0438 e. The number of benzene rings is 1. The fourth-order valence-electron chi connectivity index (χ4n) is 3.29. The van der Waals surface area contributed by atoms with Gasteiger partial charge in [0.2, 0.25) is 0 Å². The Balaban J connectivity index is 2.29. The molecule has 1 fully saturated rings. The molecule has 1 aliphatic rings. The molecule has 0 spiro atoms. The molecule has 0 saturated heterocycles. The zero-order valence-corrected chi connectivity index (χ0v) is 12.2. The molecular formula is C17H27N. The quantitative estimate of drug-likeness (QED) is 0.820. The maximum absolute atomic E-state index is 6.74. The van der Waals surface area contributed by atoms with Crippen molar-refractivity contribution in [3.8, 4) is 0 Å². The molecule has 0 radical (unpaired) electrons. The summed E-state index contributed by atoms with van der Waals surface area (Å²) >= 11 is 0. The Hall–Kier alpha value is -0.820. The van der Waals surface area contributed by atoms with Crippen LogP contribution < -0.4 is 5.73 Å². The minimum Gasteiger partial charge on any atom is -0.321 e. The van der Waals surface area contributed by atoms with Gasteiger partial charge in [0.25, 0.3) is 0 Å². The second-order valence-electron chi connectivity index (χ2n) is 6.48. The van der Waals surface area contributed by atoms with Crippen molar-refractivity contribution >= 4 is 0 Å². The van der Waals surface area contributed by atoms with Gasteiger partial charge in [0.05, 0.1) is 0 Å². The molecule has 0 aromatic heterocycles. The third-order valence-electron chi connectivity index (χ3n) is 5.03. The second-order valence-corrected chi connectivity index (χ2v) is 6.48. The summed E-state index contributed by atoms with van der Waals surface area (Å²) in [5.74, 6) is 1.89. The fourth-order valence-corrected chi connectivity index (χ4v) is 3.29. The first kappa shape index (κ1) is 13.6. The summed E-state index contributed by atoms with van der Waals surface area (Å²) in [4.78, 5) is 0. The van der Waals surface area contributed by atoms with Crippen molar-refractivity contribution in [3.63, 3.8) is 0 Å². The SMILES string of the molecule is CC(C)c1ccc(C2(N)CCCC(C)C2C)cc1. The van der Waals surface area contributed by atoms with E-state index in [1.807, 2.05) is 0 Å². The molecule has 2 N–H and O–H groups in total. The van der Waals surface area contributed by atoms with Gasteiger partial charge in [0, 0.05) is 5.54 Å². The highest BCUT2D eigenvalue weighted by atomic mass is 14.8. The van der Waals surface area contributed by atoms with Crippen molar-refractivity contribution in [2.75, 3.05) is 0 Å². The molecule has 0 heterocycles. The van der Waals surface area contributed by atoms with Crippen molar-refractivity contribution in [3.05, 3.63) is 35.4 Å².